The van der Waals surface area contributed by atoms with Gasteiger partial charge in [-0.1, -0.05) is 12.1 Å². The zero-order valence-corrected chi connectivity index (χ0v) is 34.4. The molecule has 4 aliphatic rings. The number of amides is 5. The third kappa shape index (κ3) is 10.3. The van der Waals surface area contributed by atoms with Crippen molar-refractivity contribution in [2.45, 2.75) is 69.9 Å². The topological polar surface area (TPSA) is 211 Å². The molecule has 62 heavy (non-hydrogen) atoms. The molecule has 5 amide bonds. The summed E-state index contributed by atoms with van der Waals surface area (Å²) in [5.74, 6) is -0.724. The van der Waals surface area contributed by atoms with Crippen molar-refractivity contribution in [3.05, 3.63) is 83.3 Å². The summed E-state index contributed by atoms with van der Waals surface area (Å²) in [5.41, 5.74) is 3.44. The molecule has 1 aliphatic carbocycles. The number of Topliss-reactive ketones (excluding diaryl/α,β-unsaturated/α-hetero) is 1. The lowest BCUT2D eigenvalue weighted by atomic mass is 9.89. The van der Waals surface area contributed by atoms with Crippen molar-refractivity contribution in [1.82, 2.24) is 30.1 Å². The van der Waals surface area contributed by atoms with E-state index in [9.17, 15) is 28.8 Å². The van der Waals surface area contributed by atoms with Crippen molar-refractivity contribution < 1.29 is 43.0 Å². The molecule has 17 nitrogen and oxygen atoms in total. The van der Waals surface area contributed by atoms with E-state index in [1.165, 1.54) is 0 Å². The first kappa shape index (κ1) is 42.5. The molecule has 1 aromatic carbocycles. The first-order valence-electron chi connectivity index (χ1n) is 21.3. The smallest absolute Gasteiger partial charge is 0.262 e. The van der Waals surface area contributed by atoms with Crippen LogP contribution in [0.25, 0.3) is 10.9 Å². The first-order valence-corrected chi connectivity index (χ1v) is 21.3. The highest BCUT2D eigenvalue weighted by Gasteiger charge is 2.45. The van der Waals surface area contributed by atoms with Gasteiger partial charge >= 0.3 is 0 Å². The van der Waals surface area contributed by atoms with Crippen LogP contribution in [0.5, 0.6) is 0 Å². The van der Waals surface area contributed by atoms with Gasteiger partial charge in [0, 0.05) is 68.6 Å². The van der Waals surface area contributed by atoms with Crippen LogP contribution in [0.2, 0.25) is 0 Å². The molecule has 1 atom stereocenters. The number of benzene rings is 1. The quantitative estimate of drug-likeness (QED) is 0.0646. The second-order valence-corrected chi connectivity index (χ2v) is 16.0. The van der Waals surface area contributed by atoms with E-state index in [4.69, 9.17) is 14.2 Å². The largest absolute Gasteiger partial charge is 0.382 e. The van der Waals surface area contributed by atoms with Crippen LogP contribution in [0.1, 0.15) is 88.0 Å². The van der Waals surface area contributed by atoms with Crippen molar-refractivity contribution in [3.8, 4) is 0 Å². The van der Waals surface area contributed by atoms with E-state index in [-0.39, 0.29) is 49.2 Å². The zero-order valence-electron chi connectivity index (χ0n) is 34.4. The lowest BCUT2D eigenvalue weighted by Gasteiger charge is -2.31. The second kappa shape index (κ2) is 19.7. The fourth-order valence-electron chi connectivity index (χ4n) is 8.09. The average molecular weight is 847 g/mol. The highest BCUT2D eigenvalue weighted by molar-refractivity contribution is 6.24. The van der Waals surface area contributed by atoms with Gasteiger partial charge in [-0.2, -0.15) is 0 Å². The Balaban J connectivity index is 0.687. The maximum Gasteiger partial charge on any atom is 0.262 e. The van der Waals surface area contributed by atoms with Crippen LogP contribution in [0.15, 0.2) is 61.1 Å². The van der Waals surface area contributed by atoms with Gasteiger partial charge in [-0.25, -0.2) is 9.97 Å². The number of aromatic nitrogens is 3. The number of nitrogens with zero attached hydrogens (tertiary/aromatic N) is 5. The number of carbonyl (C=O) groups excluding carboxylic acids is 6. The van der Waals surface area contributed by atoms with Gasteiger partial charge in [-0.05, 0) is 80.7 Å². The fourth-order valence-corrected chi connectivity index (χ4v) is 8.09. The number of ketones is 1. The van der Waals surface area contributed by atoms with Crippen molar-refractivity contribution in [3.63, 3.8) is 0 Å². The summed E-state index contributed by atoms with van der Waals surface area (Å²) in [6, 6.07) is 12.0. The minimum atomic E-state index is -1.00. The molecule has 3 aliphatic heterocycles. The molecule has 3 aromatic heterocycles. The summed E-state index contributed by atoms with van der Waals surface area (Å²) in [7, 11) is 0. The zero-order chi connectivity index (χ0) is 43.0. The van der Waals surface area contributed by atoms with Crippen LogP contribution >= 0.6 is 0 Å². The van der Waals surface area contributed by atoms with Crippen LogP contribution in [-0.2, 0) is 35.0 Å². The third-order valence-electron chi connectivity index (χ3n) is 11.6. The van der Waals surface area contributed by atoms with E-state index in [0.717, 1.165) is 47.2 Å². The number of rotatable bonds is 20. The lowest BCUT2D eigenvalue weighted by molar-refractivity contribution is -0.138. The predicted octanol–water partition coefficient (Wildman–Crippen LogP) is 4.24. The number of carbonyl (C=O) groups is 6. The van der Waals surface area contributed by atoms with E-state index in [1.807, 2.05) is 24.3 Å². The second-order valence-electron chi connectivity index (χ2n) is 16.0. The van der Waals surface area contributed by atoms with E-state index in [0.29, 0.717) is 93.1 Å². The number of nitrogens with one attached hydrogen (secondary N) is 3. The summed E-state index contributed by atoms with van der Waals surface area (Å²) in [6.07, 6.45) is 10.4. The van der Waals surface area contributed by atoms with Crippen molar-refractivity contribution >= 4 is 63.5 Å². The minimum absolute atomic E-state index is 0.0372. The highest BCUT2D eigenvalue weighted by Crippen LogP contribution is 2.33. The number of hydrogen-bond donors (Lipinski definition) is 3. The monoisotopic (exact) mass is 846 g/mol. The van der Waals surface area contributed by atoms with Gasteiger partial charge in [0.15, 0.2) is 5.78 Å². The number of ether oxygens (including phenoxy) is 3. The normalized spacial score (nSPS) is 18.0. The van der Waals surface area contributed by atoms with E-state index in [2.05, 4.69) is 30.9 Å². The number of likely N-dealkylation sites (tertiary alicyclic amines) is 1. The molecular weight excluding hydrogens is 797 g/mol. The molecule has 4 aromatic rings. The fraction of sp³-hybridized carbons (Fsp3) is 0.444. The Kier molecular flexibility index (Phi) is 13.5. The molecule has 6 heterocycles. The Labute approximate surface area is 358 Å². The molecule has 17 heteroatoms. The molecule has 3 N–H and O–H groups in total. The van der Waals surface area contributed by atoms with Crippen LogP contribution in [0.3, 0.4) is 0 Å². The van der Waals surface area contributed by atoms with Crippen LogP contribution in [0, 0.1) is 5.92 Å². The van der Waals surface area contributed by atoms with Crippen LogP contribution < -0.4 is 16.0 Å². The predicted molar refractivity (Wildman–Crippen MR) is 226 cm³/mol. The standard InChI is InChI=1S/C45H50N8O9/c54-37(33-26-47-39(24-35(33)48-31-7-8-31)50-38-10-6-30-25-46-15-12-34(30)49-38)23-28-13-16-52(17-14-28)41(56)27-62-22-21-61-20-19-60-18-2-4-29-3-1-5-32-42(29)45(59)53(44(32)58)36-9-11-40(55)51-43(36)57/h1,3,5-6,10,12,15,24-26,28,31,36H,2,4,7-9,11,13-14,16-23,27H2,(H,51,55,57)(H2,47,48,49,50). The van der Waals surface area contributed by atoms with Crippen LogP contribution in [0.4, 0.5) is 17.3 Å². The van der Waals surface area contributed by atoms with E-state index in [1.54, 1.807) is 41.7 Å². The molecule has 324 valence electrons. The number of imide groups is 2. The van der Waals surface area contributed by atoms with Gasteiger partial charge in [-0.15, -0.1) is 0 Å². The Morgan fingerprint density at radius 2 is 1.63 bits per heavy atom. The average Bonchev–Trinajstić information content (AvgIpc) is 4.06. The third-order valence-corrected chi connectivity index (χ3v) is 11.6. The van der Waals surface area contributed by atoms with Gasteiger partial charge in [0.25, 0.3) is 11.8 Å². The number of fused-ring (bicyclic) bond motifs is 2. The molecule has 1 saturated carbocycles. The molecule has 0 bridgehead atoms. The Hall–Kier alpha value is -6.17. The summed E-state index contributed by atoms with van der Waals surface area (Å²) in [4.78, 5) is 92.8. The number of hydrogen-bond acceptors (Lipinski definition) is 14. The molecule has 3 fully saturated rings. The minimum Gasteiger partial charge on any atom is -0.382 e. The molecule has 0 spiro atoms. The lowest BCUT2D eigenvalue weighted by Crippen LogP contribution is -2.54. The Bertz CT molecular complexity index is 2350. The Morgan fingerprint density at radius 1 is 0.839 bits per heavy atom. The number of pyridine rings is 3. The maximum atomic E-state index is 13.6. The number of aryl methyl sites for hydroxylation is 1. The molecule has 1 unspecified atom stereocenters. The summed E-state index contributed by atoms with van der Waals surface area (Å²) in [6.45, 7) is 2.76. The molecular formula is C45H50N8O9. The van der Waals surface area contributed by atoms with Crippen molar-refractivity contribution in [2.24, 2.45) is 5.92 Å². The number of anilines is 3. The van der Waals surface area contributed by atoms with Gasteiger partial charge in [0.05, 0.1) is 54.3 Å². The van der Waals surface area contributed by atoms with E-state index < -0.39 is 29.7 Å². The summed E-state index contributed by atoms with van der Waals surface area (Å²) in [5, 5.41) is 9.93. The molecule has 0 radical (unpaired) electrons. The molecule has 2 saturated heterocycles. The SMILES string of the molecule is O=C1CCC(N2C(=O)c3cccc(CCCOCCOCCOCC(=O)N4CCC(CC(=O)c5cnc(Nc6ccc7cnccc7n6)cc5NC5CC5)CC4)c3C2=O)C(=O)N1. The summed E-state index contributed by atoms with van der Waals surface area (Å²) >= 11 is 0. The van der Waals surface area contributed by atoms with Gasteiger partial charge in [0.1, 0.15) is 24.3 Å². The van der Waals surface area contributed by atoms with Gasteiger partial charge in [0.2, 0.25) is 17.7 Å². The summed E-state index contributed by atoms with van der Waals surface area (Å²) < 4.78 is 16.9. The van der Waals surface area contributed by atoms with Crippen molar-refractivity contribution in [1.29, 1.82) is 0 Å². The maximum absolute atomic E-state index is 13.6. The highest BCUT2D eigenvalue weighted by atomic mass is 16.5. The first-order chi connectivity index (χ1) is 30.2. The van der Waals surface area contributed by atoms with Crippen molar-refractivity contribution in [2.75, 3.05) is 63.4 Å². The number of piperidine rings is 2. The Morgan fingerprint density at radius 3 is 2.42 bits per heavy atom. The van der Waals surface area contributed by atoms with Gasteiger partial charge < -0.3 is 29.7 Å². The van der Waals surface area contributed by atoms with Crippen LogP contribution in [-0.4, -0.2) is 125 Å². The van der Waals surface area contributed by atoms with Gasteiger partial charge in [-0.3, -0.25) is 44.0 Å². The van der Waals surface area contributed by atoms with E-state index >= 15 is 0 Å². The molecule has 8 rings (SSSR count).